The van der Waals surface area contributed by atoms with E-state index in [2.05, 4.69) is 0 Å². The fourth-order valence-electron chi connectivity index (χ4n) is 0.285. The predicted octanol–water partition coefficient (Wildman–Crippen LogP) is 1.88. The van der Waals surface area contributed by atoms with E-state index < -0.39 is 23.5 Å². The van der Waals surface area contributed by atoms with Crippen molar-refractivity contribution in [1.82, 2.24) is 0 Å². The molecule has 11 heavy (non-hydrogen) atoms. The summed E-state index contributed by atoms with van der Waals surface area (Å²) in [5, 5.41) is 7.78. The van der Waals surface area contributed by atoms with Crippen LogP contribution in [0.4, 0.5) is 17.6 Å². The molecule has 0 aliphatic heterocycles. The molecule has 0 aromatic heterocycles. The lowest BCUT2D eigenvalue weighted by atomic mass is 10.2. The monoisotopic (exact) mass is 172 g/mol. The number of rotatable bonds is 1. The quantitative estimate of drug-likeness (QED) is 0.484. The second-order valence-electron chi connectivity index (χ2n) is 1.74. The van der Waals surface area contributed by atoms with Crippen molar-refractivity contribution in [3.63, 3.8) is 0 Å². The van der Waals surface area contributed by atoms with Crippen molar-refractivity contribution in [2.75, 3.05) is 0 Å². The van der Waals surface area contributed by atoms with Gasteiger partial charge in [0.15, 0.2) is 0 Å². The second kappa shape index (κ2) is 2.89. The van der Waals surface area contributed by atoms with E-state index in [0.717, 1.165) is 0 Å². The van der Waals surface area contributed by atoms with E-state index in [0.29, 0.717) is 6.92 Å². The molecule has 0 aromatic rings. The van der Waals surface area contributed by atoms with Gasteiger partial charge in [0.25, 0.3) is 0 Å². The van der Waals surface area contributed by atoms with E-state index in [-0.39, 0.29) is 0 Å². The van der Waals surface area contributed by atoms with Crippen molar-refractivity contribution in [2.24, 2.45) is 0 Å². The zero-order valence-corrected chi connectivity index (χ0v) is 5.37. The molecule has 0 fully saturated rings. The number of halogens is 4. The SMILES string of the molecule is CC(=C(F)C(=O)O)C(F)(F)F. The van der Waals surface area contributed by atoms with Crippen molar-refractivity contribution in [3.8, 4) is 0 Å². The van der Waals surface area contributed by atoms with Crippen LogP contribution in [-0.4, -0.2) is 17.3 Å². The molecule has 0 rings (SSSR count). The predicted molar refractivity (Wildman–Crippen MR) is 27.5 cm³/mol. The summed E-state index contributed by atoms with van der Waals surface area (Å²) < 4.78 is 46.5. The van der Waals surface area contributed by atoms with Crippen molar-refractivity contribution in [2.45, 2.75) is 13.1 Å². The molecule has 0 unspecified atom stereocenters. The van der Waals surface area contributed by atoms with Gasteiger partial charge in [0.2, 0.25) is 5.83 Å². The van der Waals surface area contributed by atoms with Crippen LogP contribution in [0.2, 0.25) is 0 Å². The first kappa shape index (κ1) is 9.93. The number of alkyl halides is 3. The highest BCUT2D eigenvalue weighted by molar-refractivity contribution is 5.85. The maximum Gasteiger partial charge on any atom is 0.415 e. The first-order valence-electron chi connectivity index (χ1n) is 2.43. The summed E-state index contributed by atoms with van der Waals surface area (Å²) in [6.45, 7) is 0.365. The summed E-state index contributed by atoms with van der Waals surface area (Å²) in [6, 6.07) is 0. The molecule has 0 aromatic carbocycles. The van der Waals surface area contributed by atoms with E-state index in [4.69, 9.17) is 5.11 Å². The van der Waals surface area contributed by atoms with Gasteiger partial charge >= 0.3 is 12.1 Å². The topological polar surface area (TPSA) is 37.3 Å². The molecule has 0 atom stereocenters. The van der Waals surface area contributed by atoms with Gasteiger partial charge in [0, 0.05) is 0 Å². The van der Waals surface area contributed by atoms with Gasteiger partial charge in [-0.15, -0.1) is 0 Å². The lowest BCUT2D eigenvalue weighted by Crippen LogP contribution is -2.13. The number of hydrogen-bond donors (Lipinski definition) is 1. The van der Waals surface area contributed by atoms with Crippen LogP contribution in [0, 0.1) is 0 Å². The fourth-order valence-corrected chi connectivity index (χ4v) is 0.285. The first-order chi connectivity index (χ1) is 4.76. The number of carbonyl (C=O) groups is 1. The number of aliphatic carboxylic acids is 1. The fraction of sp³-hybridized carbons (Fsp3) is 0.400. The van der Waals surface area contributed by atoms with Gasteiger partial charge in [-0.05, 0) is 6.92 Å². The number of carboxylic acid groups (broad SMARTS) is 1. The summed E-state index contributed by atoms with van der Waals surface area (Å²) in [6.07, 6.45) is -4.91. The largest absolute Gasteiger partial charge is 0.476 e. The van der Waals surface area contributed by atoms with Crippen LogP contribution in [0.1, 0.15) is 6.92 Å². The Morgan fingerprint density at radius 1 is 1.36 bits per heavy atom. The van der Waals surface area contributed by atoms with Gasteiger partial charge in [0.05, 0.1) is 5.57 Å². The number of allylic oxidation sites excluding steroid dienone is 1. The molecule has 1 N–H and O–H groups in total. The number of hydrogen-bond acceptors (Lipinski definition) is 1. The minimum absolute atomic E-state index is 0.365. The molecular formula is C5H4F4O2. The molecule has 0 amide bonds. The average Bonchev–Trinajstić information content (AvgIpc) is 1.82. The molecule has 0 saturated carbocycles. The molecule has 0 spiro atoms. The van der Waals surface area contributed by atoms with Gasteiger partial charge in [0.1, 0.15) is 0 Å². The van der Waals surface area contributed by atoms with Gasteiger partial charge in [-0.1, -0.05) is 0 Å². The Morgan fingerprint density at radius 3 is 1.82 bits per heavy atom. The van der Waals surface area contributed by atoms with Crippen LogP contribution in [0.25, 0.3) is 0 Å². The normalized spacial score (nSPS) is 14.3. The molecule has 6 heteroatoms. The Labute approximate surface area is 59.1 Å². The van der Waals surface area contributed by atoms with Crippen molar-refractivity contribution in [1.29, 1.82) is 0 Å². The first-order valence-corrected chi connectivity index (χ1v) is 2.43. The van der Waals surface area contributed by atoms with Crippen LogP contribution < -0.4 is 0 Å². The summed E-state index contributed by atoms with van der Waals surface area (Å²) in [5.41, 5.74) is -1.73. The average molecular weight is 172 g/mol. The lowest BCUT2D eigenvalue weighted by Gasteiger charge is -2.05. The minimum atomic E-state index is -4.91. The Hall–Kier alpha value is -1.07. The Balaban J connectivity index is 4.82. The smallest absolute Gasteiger partial charge is 0.415 e. The molecule has 0 radical (unpaired) electrons. The summed E-state index contributed by atoms with van der Waals surface area (Å²) >= 11 is 0. The molecule has 64 valence electrons. The van der Waals surface area contributed by atoms with Crippen molar-refractivity contribution < 1.29 is 27.5 Å². The molecule has 0 aliphatic carbocycles. The van der Waals surface area contributed by atoms with Gasteiger partial charge < -0.3 is 5.11 Å². The molecule has 0 aliphatic rings. The maximum atomic E-state index is 12.0. The van der Waals surface area contributed by atoms with Crippen molar-refractivity contribution >= 4 is 5.97 Å². The third-order valence-corrected chi connectivity index (χ3v) is 0.942. The highest BCUT2D eigenvalue weighted by atomic mass is 19.4. The van der Waals surface area contributed by atoms with Gasteiger partial charge in [-0.2, -0.15) is 17.6 Å². The maximum absolute atomic E-state index is 12.0. The van der Waals surface area contributed by atoms with E-state index >= 15 is 0 Å². The third-order valence-electron chi connectivity index (χ3n) is 0.942. The molecule has 0 saturated heterocycles. The number of carboxylic acids is 1. The van der Waals surface area contributed by atoms with E-state index in [9.17, 15) is 22.4 Å². The third kappa shape index (κ3) is 2.57. The van der Waals surface area contributed by atoms with Crippen LogP contribution in [-0.2, 0) is 4.79 Å². The highest BCUT2D eigenvalue weighted by Gasteiger charge is 2.35. The molecule has 2 nitrogen and oxygen atoms in total. The van der Waals surface area contributed by atoms with Crippen LogP contribution in [0.3, 0.4) is 0 Å². The Kier molecular flexibility index (Phi) is 2.61. The molecular weight excluding hydrogens is 168 g/mol. The Morgan fingerprint density at radius 2 is 1.73 bits per heavy atom. The van der Waals surface area contributed by atoms with E-state index in [1.54, 1.807) is 0 Å². The van der Waals surface area contributed by atoms with Crippen LogP contribution >= 0.6 is 0 Å². The van der Waals surface area contributed by atoms with Crippen LogP contribution in [0.15, 0.2) is 11.4 Å². The van der Waals surface area contributed by atoms with E-state index in [1.165, 1.54) is 0 Å². The zero-order valence-electron chi connectivity index (χ0n) is 5.37. The van der Waals surface area contributed by atoms with Gasteiger partial charge in [-0.25, -0.2) is 4.79 Å². The van der Waals surface area contributed by atoms with E-state index in [1.807, 2.05) is 0 Å². The molecule has 0 bridgehead atoms. The summed E-state index contributed by atoms with van der Waals surface area (Å²) in [7, 11) is 0. The molecule has 0 heterocycles. The standard InChI is InChI=1S/C5H4F4O2/c1-2(5(7,8)9)3(6)4(10)11/h1H3,(H,10,11). The summed E-state index contributed by atoms with van der Waals surface area (Å²) in [5.74, 6) is -4.38. The summed E-state index contributed by atoms with van der Waals surface area (Å²) in [4.78, 5) is 9.65. The minimum Gasteiger partial charge on any atom is -0.476 e. The zero-order chi connectivity index (χ0) is 9.23. The van der Waals surface area contributed by atoms with Crippen molar-refractivity contribution in [3.05, 3.63) is 11.4 Å². The second-order valence-corrected chi connectivity index (χ2v) is 1.74. The highest BCUT2D eigenvalue weighted by Crippen LogP contribution is 2.27. The lowest BCUT2D eigenvalue weighted by molar-refractivity contribution is -0.136. The van der Waals surface area contributed by atoms with Crippen LogP contribution in [0.5, 0.6) is 0 Å². The Bertz CT molecular complexity index is 203. The van der Waals surface area contributed by atoms with Gasteiger partial charge in [-0.3, -0.25) is 0 Å².